The van der Waals surface area contributed by atoms with E-state index in [9.17, 15) is 8.78 Å². The van der Waals surface area contributed by atoms with Crippen LogP contribution in [0.25, 0.3) is 11.1 Å². The van der Waals surface area contributed by atoms with Crippen LogP contribution in [0.5, 0.6) is 0 Å². The molecule has 0 bridgehead atoms. The number of nitrogen functional groups attached to an aromatic ring is 1. The smallest absolute Gasteiger partial charge is 0.167 e. The van der Waals surface area contributed by atoms with E-state index < -0.39 is 11.6 Å². The maximum absolute atomic E-state index is 13.8. The van der Waals surface area contributed by atoms with Gasteiger partial charge in [0.2, 0.25) is 0 Å². The normalized spacial score (nSPS) is 10.6. The third kappa shape index (κ3) is 1.98. The van der Waals surface area contributed by atoms with Gasteiger partial charge in [-0.05, 0) is 31.0 Å². The lowest BCUT2D eigenvalue weighted by molar-refractivity contribution is 0.505. The van der Waals surface area contributed by atoms with Gasteiger partial charge in [-0.25, -0.2) is 13.8 Å². The molecular formula is C13H12F2N2. The highest BCUT2D eigenvalue weighted by atomic mass is 19.2. The number of halogens is 2. The Kier molecular flexibility index (Phi) is 2.79. The molecule has 2 aromatic rings. The Hall–Kier alpha value is -1.97. The number of nitrogens with zero attached hydrogens (tertiary/aromatic N) is 1. The summed E-state index contributed by atoms with van der Waals surface area (Å²) >= 11 is 0. The van der Waals surface area contributed by atoms with Crippen molar-refractivity contribution in [1.82, 2.24) is 4.98 Å². The van der Waals surface area contributed by atoms with Crippen molar-refractivity contribution in [2.24, 2.45) is 0 Å². The van der Waals surface area contributed by atoms with Gasteiger partial charge in [0, 0.05) is 17.3 Å². The fourth-order valence-corrected chi connectivity index (χ4v) is 1.65. The van der Waals surface area contributed by atoms with E-state index in [2.05, 4.69) is 4.98 Å². The number of aromatic nitrogens is 1. The Balaban J connectivity index is 2.69. The molecule has 88 valence electrons. The van der Waals surface area contributed by atoms with Gasteiger partial charge >= 0.3 is 0 Å². The average molecular weight is 234 g/mol. The van der Waals surface area contributed by atoms with Gasteiger partial charge in [0.05, 0.1) is 0 Å². The number of aryl methyl sites for hydroxylation is 2. The quantitative estimate of drug-likeness (QED) is 0.822. The summed E-state index contributed by atoms with van der Waals surface area (Å²) in [5.74, 6) is -1.54. The molecule has 1 aromatic heterocycles. The summed E-state index contributed by atoms with van der Waals surface area (Å²) in [7, 11) is 0. The van der Waals surface area contributed by atoms with Gasteiger partial charge in [0.25, 0.3) is 0 Å². The summed E-state index contributed by atoms with van der Waals surface area (Å²) in [6, 6.07) is 4.73. The fraction of sp³-hybridized carbons (Fsp3) is 0.154. The highest BCUT2D eigenvalue weighted by Crippen LogP contribution is 2.29. The summed E-state index contributed by atoms with van der Waals surface area (Å²) < 4.78 is 27.3. The molecular weight excluding hydrogens is 222 g/mol. The second-order valence-corrected chi connectivity index (χ2v) is 4.00. The third-order valence-electron chi connectivity index (χ3n) is 2.62. The van der Waals surface area contributed by atoms with E-state index in [0.29, 0.717) is 5.56 Å². The molecule has 0 saturated heterocycles. The predicted octanol–water partition coefficient (Wildman–Crippen LogP) is 3.23. The van der Waals surface area contributed by atoms with Crippen LogP contribution in [0.4, 0.5) is 14.6 Å². The summed E-state index contributed by atoms with van der Waals surface area (Å²) in [6.07, 6.45) is 1.58. The molecule has 0 aliphatic rings. The summed E-state index contributed by atoms with van der Waals surface area (Å²) in [5, 5.41) is 0. The zero-order valence-corrected chi connectivity index (χ0v) is 9.59. The van der Waals surface area contributed by atoms with Crippen molar-refractivity contribution in [3.8, 4) is 11.1 Å². The van der Waals surface area contributed by atoms with Crippen molar-refractivity contribution in [3.63, 3.8) is 0 Å². The summed E-state index contributed by atoms with van der Waals surface area (Å²) in [6.45, 7) is 3.33. The van der Waals surface area contributed by atoms with E-state index in [1.807, 2.05) is 6.92 Å². The molecule has 4 heteroatoms. The number of anilines is 1. The number of rotatable bonds is 1. The van der Waals surface area contributed by atoms with Gasteiger partial charge in [-0.1, -0.05) is 12.1 Å². The van der Waals surface area contributed by atoms with Crippen molar-refractivity contribution in [2.45, 2.75) is 13.8 Å². The second kappa shape index (κ2) is 4.13. The Bertz CT molecular complexity index is 580. The van der Waals surface area contributed by atoms with Gasteiger partial charge in [-0.3, -0.25) is 0 Å². The standard InChI is InChI=1S/C13H12F2N2/c1-7-5-10(13(16)17-6-7)9-4-3-8(2)11(14)12(9)15/h3-6H,1-2H3,(H2,16,17). The van der Waals surface area contributed by atoms with Crippen molar-refractivity contribution in [2.75, 3.05) is 5.73 Å². The van der Waals surface area contributed by atoms with Gasteiger partial charge < -0.3 is 5.73 Å². The monoisotopic (exact) mass is 234 g/mol. The second-order valence-electron chi connectivity index (χ2n) is 4.00. The fourth-order valence-electron chi connectivity index (χ4n) is 1.65. The topological polar surface area (TPSA) is 38.9 Å². The van der Waals surface area contributed by atoms with Crippen LogP contribution in [-0.4, -0.2) is 4.98 Å². The molecule has 0 spiro atoms. The largest absolute Gasteiger partial charge is 0.383 e. The van der Waals surface area contributed by atoms with Crippen LogP contribution >= 0.6 is 0 Å². The molecule has 0 unspecified atom stereocenters. The third-order valence-corrected chi connectivity index (χ3v) is 2.62. The Morgan fingerprint density at radius 1 is 1.06 bits per heavy atom. The molecule has 0 radical (unpaired) electrons. The van der Waals surface area contributed by atoms with Crippen molar-refractivity contribution in [1.29, 1.82) is 0 Å². The van der Waals surface area contributed by atoms with Gasteiger partial charge in [0.15, 0.2) is 11.6 Å². The van der Waals surface area contributed by atoms with Crippen LogP contribution < -0.4 is 5.73 Å². The molecule has 2 rings (SSSR count). The minimum atomic E-state index is -0.885. The first kappa shape index (κ1) is 11.5. The van der Waals surface area contributed by atoms with Gasteiger partial charge in [0.1, 0.15) is 5.82 Å². The molecule has 17 heavy (non-hydrogen) atoms. The van der Waals surface area contributed by atoms with Crippen LogP contribution in [0, 0.1) is 25.5 Å². The Morgan fingerprint density at radius 2 is 1.76 bits per heavy atom. The van der Waals surface area contributed by atoms with E-state index in [-0.39, 0.29) is 16.9 Å². The minimum absolute atomic E-state index is 0.141. The molecule has 1 aromatic carbocycles. The summed E-state index contributed by atoms with van der Waals surface area (Å²) in [5.41, 5.74) is 7.35. The van der Waals surface area contributed by atoms with Crippen LogP contribution in [0.15, 0.2) is 24.4 Å². The number of nitrogens with two attached hydrogens (primary N) is 1. The first-order valence-electron chi connectivity index (χ1n) is 5.18. The van der Waals surface area contributed by atoms with Crippen LogP contribution in [0.2, 0.25) is 0 Å². The van der Waals surface area contributed by atoms with Crippen molar-refractivity contribution < 1.29 is 8.78 Å². The predicted molar refractivity (Wildman–Crippen MR) is 63.5 cm³/mol. The average Bonchev–Trinajstić information content (AvgIpc) is 2.30. The summed E-state index contributed by atoms with van der Waals surface area (Å²) in [4.78, 5) is 3.94. The lowest BCUT2D eigenvalue weighted by Gasteiger charge is -2.09. The lowest BCUT2D eigenvalue weighted by Crippen LogP contribution is -1.99. The van der Waals surface area contributed by atoms with Crippen molar-refractivity contribution >= 4 is 5.82 Å². The van der Waals surface area contributed by atoms with Crippen LogP contribution in [-0.2, 0) is 0 Å². The number of hydrogen-bond donors (Lipinski definition) is 1. The van der Waals surface area contributed by atoms with Crippen LogP contribution in [0.3, 0.4) is 0 Å². The number of hydrogen-bond acceptors (Lipinski definition) is 2. The highest BCUT2D eigenvalue weighted by molar-refractivity contribution is 5.74. The molecule has 2 N–H and O–H groups in total. The SMILES string of the molecule is Cc1cnc(N)c(-c2ccc(C)c(F)c2F)c1. The van der Waals surface area contributed by atoms with Crippen LogP contribution in [0.1, 0.15) is 11.1 Å². The molecule has 0 aliphatic carbocycles. The Labute approximate surface area is 98.1 Å². The van der Waals surface area contributed by atoms with Gasteiger partial charge in [-0.2, -0.15) is 0 Å². The first-order valence-corrected chi connectivity index (χ1v) is 5.18. The van der Waals surface area contributed by atoms with E-state index in [1.165, 1.54) is 19.1 Å². The first-order chi connectivity index (χ1) is 8.00. The molecule has 0 atom stereocenters. The lowest BCUT2D eigenvalue weighted by atomic mass is 10.0. The molecule has 0 fully saturated rings. The van der Waals surface area contributed by atoms with Gasteiger partial charge in [-0.15, -0.1) is 0 Å². The van der Waals surface area contributed by atoms with E-state index in [1.54, 1.807) is 12.3 Å². The zero-order valence-electron chi connectivity index (χ0n) is 9.59. The van der Waals surface area contributed by atoms with E-state index in [0.717, 1.165) is 5.56 Å². The number of pyridine rings is 1. The molecule has 0 saturated carbocycles. The Morgan fingerprint density at radius 3 is 2.47 bits per heavy atom. The zero-order chi connectivity index (χ0) is 12.6. The van der Waals surface area contributed by atoms with E-state index >= 15 is 0 Å². The van der Waals surface area contributed by atoms with Crippen molar-refractivity contribution in [3.05, 3.63) is 47.2 Å². The number of benzene rings is 1. The maximum atomic E-state index is 13.8. The molecule has 0 amide bonds. The highest BCUT2D eigenvalue weighted by Gasteiger charge is 2.14. The molecule has 2 nitrogen and oxygen atoms in total. The maximum Gasteiger partial charge on any atom is 0.167 e. The van der Waals surface area contributed by atoms with E-state index in [4.69, 9.17) is 5.73 Å². The molecule has 1 heterocycles. The molecule has 0 aliphatic heterocycles. The minimum Gasteiger partial charge on any atom is -0.383 e.